The molecule has 0 aliphatic rings. The second-order valence-corrected chi connectivity index (χ2v) is 4.48. The number of hydrogen-bond acceptors (Lipinski definition) is 1. The highest BCUT2D eigenvalue weighted by Gasteiger charge is 2.01. The molecule has 0 unspecified atom stereocenters. The van der Waals surface area contributed by atoms with E-state index in [1.54, 1.807) is 0 Å². The van der Waals surface area contributed by atoms with Crippen LogP contribution in [0.1, 0.15) is 13.3 Å². The molecule has 0 radical (unpaired) electrons. The number of hydrogen-bond donors (Lipinski definition) is 0. The predicted molar refractivity (Wildman–Crippen MR) is 68.6 cm³/mol. The molecule has 0 aromatic heterocycles. The first-order valence-electron chi connectivity index (χ1n) is 4.43. The Morgan fingerprint density at radius 1 is 1.43 bits per heavy atom. The first-order chi connectivity index (χ1) is 6.74. The van der Waals surface area contributed by atoms with Crippen molar-refractivity contribution in [2.45, 2.75) is 13.3 Å². The Morgan fingerprint density at radius 3 is 2.57 bits per heavy atom. The number of rotatable bonds is 4. The summed E-state index contributed by atoms with van der Waals surface area (Å²) in [6.45, 7) is 5.74. The maximum atomic E-state index is 5.72. The minimum absolute atomic E-state index is 0.768. The molecule has 1 aromatic carbocycles. The molecule has 0 fully saturated rings. The lowest BCUT2D eigenvalue weighted by Gasteiger charge is -2.09. The van der Waals surface area contributed by atoms with Gasteiger partial charge in [-0.3, -0.25) is 0 Å². The lowest BCUT2D eigenvalue weighted by atomic mass is 10.3. The summed E-state index contributed by atoms with van der Waals surface area (Å²) in [5, 5.41) is 0. The van der Waals surface area contributed by atoms with Crippen molar-refractivity contribution in [2.75, 3.05) is 0 Å². The topological polar surface area (TPSA) is 9.23 Å². The van der Waals surface area contributed by atoms with Crippen molar-refractivity contribution in [3.8, 4) is 5.75 Å². The van der Waals surface area contributed by atoms with Gasteiger partial charge in [0.05, 0.1) is 0 Å². The highest BCUT2D eigenvalue weighted by molar-refractivity contribution is 14.1. The minimum atomic E-state index is 0.768. The average molecular weight is 300 g/mol. The Labute approximate surface area is 98.6 Å². The summed E-state index contributed by atoms with van der Waals surface area (Å²) in [5.74, 6) is 1.84. The lowest BCUT2D eigenvalue weighted by Crippen LogP contribution is -1.95. The van der Waals surface area contributed by atoms with E-state index in [0.717, 1.165) is 21.5 Å². The van der Waals surface area contributed by atoms with Crippen molar-refractivity contribution < 1.29 is 4.74 Å². The summed E-state index contributed by atoms with van der Waals surface area (Å²) in [4.78, 5) is 0. The van der Waals surface area contributed by atoms with Crippen molar-refractivity contribution in [1.82, 2.24) is 0 Å². The molecule has 0 saturated carbocycles. The largest absolute Gasteiger partial charge is 0.461 e. The minimum Gasteiger partial charge on any atom is -0.461 e. The molecule has 0 N–H and O–H groups in total. The van der Waals surface area contributed by atoms with Crippen LogP contribution in [0.4, 0.5) is 0 Å². The van der Waals surface area contributed by atoms with Gasteiger partial charge >= 0.3 is 0 Å². The van der Waals surface area contributed by atoms with Crippen LogP contribution in [-0.4, -0.2) is 0 Å². The molecule has 0 aliphatic carbocycles. The lowest BCUT2D eigenvalue weighted by molar-refractivity contribution is 0.414. The van der Waals surface area contributed by atoms with Crippen molar-refractivity contribution in [3.63, 3.8) is 0 Å². The molecule has 1 nitrogen and oxygen atoms in total. The van der Waals surface area contributed by atoms with Crippen LogP contribution >= 0.6 is 22.6 Å². The van der Waals surface area contributed by atoms with Crippen LogP contribution < -0.4 is 4.74 Å². The first kappa shape index (κ1) is 11.3. The zero-order valence-corrected chi connectivity index (χ0v) is 10.3. The zero-order chi connectivity index (χ0) is 10.4. The van der Waals surface area contributed by atoms with Gasteiger partial charge < -0.3 is 4.74 Å². The summed E-state index contributed by atoms with van der Waals surface area (Å²) < 4.78 is 6.88. The van der Waals surface area contributed by atoms with E-state index < -0.39 is 0 Å². The summed E-state index contributed by atoms with van der Waals surface area (Å²) in [6.07, 6.45) is 2.62. The standard InChI is InChI=1S/C12H13IO/c1-3-7-12(10(2)13)14-11-8-5-4-6-9-11/h3-6,8-9H,1,7H2,2H3/b12-10-. The van der Waals surface area contributed by atoms with Crippen molar-refractivity contribution in [2.24, 2.45) is 0 Å². The normalized spacial score (nSPS) is 11.9. The fraction of sp³-hybridized carbons (Fsp3) is 0.167. The van der Waals surface area contributed by atoms with E-state index in [1.165, 1.54) is 0 Å². The Balaban J connectivity index is 2.76. The Bertz CT molecular complexity index is 323. The van der Waals surface area contributed by atoms with E-state index in [1.807, 2.05) is 43.3 Å². The van der Waals surface area contributed by atoms with Gasteiger partial charge in [0.25, 0.3) is 0 Å². The summed E-state index contributed by atoms with van der Waals surface area (Å²) in [7, 11) is 0. The van der Waals surface area contributed by atoms with Gasteiger partial charge in [-0.2, -0.15) is 0 Å². The molecule has 0 spiro atoms. The monoisotopic (exact) mass is 300 g/mol. The molecular formula is C12H13IO. The van der Waals surface area contributed by atoms with Crippen LogP contribution in [0.3, 0.4) is 0 Å². The van der Waals surface area contributed by atoms with E-state index in [9.17, 15) is 0 Å². The van der Waals surface area contributed by atoms with Gasteiger partial charge in [-0.1, -0.05) is 24.3 Å². The Kier molecular flexibility index (Phi) is 4.73. The van der Waals surface area contributed by atoms with Gasteiger partial charge in [0.1, 0.15) is 11.5 Å². The van der Waals surface area contributed by atoms with Gasteiger partial charge in [0.15, 0.2) is 0 Å². The molecule has 1 aromatic rings. The van der Waals surface area contributed by atoms with Crippen LogP contribution in [0, 0.1) is 0 Å². The van der Waals surface area contributed by atoms with Gasteiger partial charge in [-0.05, 0) is 41.6 Å². The van der Waals surface area contributed by atoms with E-state index in [2.05, 4.69) is 29.2 Å². The number of halogens is 1. The van der Waals surface area contributed by atoms with Gasteiger partial charge in [-0.25, -0.2) is 0 Å². The van der Waals surface area contributed by atoms with E-state index in [0.29, 0.717) is 0 Å². The molecular weight excluding hydrogens is 287 g/mol. The van der Waals surface area contributed by atoms with Crippen LogP contribution in [-0.2, 0) is 0 Å². The molecule has 1 rings (SSSR count). The highest BCUT2D eigenvalue weighted by atomic mass is 127. The molecule has 0 bridgehead atoms. The third kappa shape index (κ3) is 3.54. The second kappa shape index (κ2) is 5.86. The van der Waals surface area contributed by atoms with E-state index in [4.69, 9.17) is 4.74 Å². The maximum Gasteiger partial charge on any atom is 0.126 e. The fourth-order valence-corrected chi connectivity index (χ4v) is 1.34. The van der Waals surface area contributed by atoms with Gasteiger partial charge in [-0.15, -0.1) is 6.58 Å². The molecule has 74 valence electrons. The second-order valence-electron chi connectivity index (χ2n) is 2.86. The SMILES string of the molecule is C=CC/C(Oc1ccccc1)=C(\C)I. The smallest absolute Gasteiger partial charge is 0.126 e. The highest BCUT2D eigenvalue weighted by Crippen LogP contribution is 2.20. The molecule has 0 amide bonds. The zero-order valence-electron chi connectivity index (χ0n) is 8.16. The summed E-state index contributed by atoms with van der Waals surface area (Å²) >= 11 is 2.26. The van der Waals surface area contributed by atoms with E-state index in [-0.39, 0.29) is 0 Å². The third-order valence-electron chi connectivity index (χ3n) is 1.70. The number of ether oxygens (including phenoxy) is 1. The third-order valence-corrected chi connectivity index (χ3v) is 2.30. The maximum absolute atomic E-state index is 5.72. The van der Waals surface area contributed by atoms with Gasteiger partial charge in [0.2, 0.25) is 0 Å². The Morgan fingerprint density at radius 2 is 2.07 bits per heavy atom. The van der Waals surface area contributed by atoms with Crippen LogP contribution in [0.25, 0.3) is 0 Å². The molecule has 0 heterocycles. The quantitative estimate of drug-likeness (QED) is 0.457. The average Bonchev–Trinajstić information content (AvgIpc) is 2.18. The van der Waals surface area contributed by atoms with Crippen molar-refractivity contribution in [3.05, 3.63) is 52.3 Å². The number of benzene rings is 1. The van der Waals surface area contributed by atoms with Crippen molar-refractivity contribution in [1.29, 1.82) is 0 Å². The summed E-state index contributed by atoms with van der Waals surface area (Å²) in [6, 6.07) is 9.79. The molecule has 2 heteroatoms. The molecule has 14 heavy (non-hydrogen) atoms. The Hall–Kier alpha value is -0.770. The molecule has 0 atom stereocenters. The molecule has 0 aliphatic heterocycles. The molecule has 0 saturated heterocycles. The van der Waals surface area contributed by atoms with Crippen molar-refractivity contribution >= 4 is 22.6 Å². The van der Waals surface area contributed by atoms with Crippen LogP contribution in [0.5, 0.6) is 5.75 Å². The van der Waals surface area contributed by atoms with Gasteiger partial charge in [0, 0.05) is 10.0 Å². The first-order valence-corrected chi connectivity index (χ1v) is 5.51. The van der Waals surface area contributed by atoms with Crippen LogP contribution in [0.15, 0.2) is 52.3 Å². The summed E-state index contributed by atoms with van der Waals surface area (Å²) in [5.41, 5.74) is 0. The number of para-hydroxylation sites is 1. The van der Waals surface area contributed by atoms with E-state index >= 15 is 0 Å². The van der Waals surface area contributed by atoms with Crippen LogP contribution in [0.2, 0.25) is 0 Å². The fourth-order valence-electron chi connectivity index (χ4n) is 1.01. The predicted octanol–water partition coefficient (Wildman–Crippen LogP) is 4.31. The number of allylic oxidation sites excluding steroid dienone is 2.